The predicted octanol–water partition coefficient (Wildman–Crippen LogP) is 2.37. The van der Waals surface area contributed by atoms with E-state index in [9.17, 15) is 0 Å². The normalized spacial score (nSPS) is 14.2. The smallest absolute Gasteiger partial charge is 0.280 e. The van der Waals surface area contributed by atoms with Crippen molar-refractivity contribution in [1.29, 1.82) is 0 Å². The summed E-state index contributed by atoms with van der Waals surface area (Å²) in [4.78, 5) is 7.49. The maximum absolute atomic E-state index is 3.97. The monoisotopic (exact) mass is 261 g/mol. The van der Waals surface area contributed by atoms with Gasteiger partial charge in [0, 0.05) is 0 Å². The molecule has 0 aromatic rings. The summed E-state index contributed by atoms with van der Waals surface area (Å²) in [6.07, 6.45) is 0. The van der Waals surface area contributed by atoms with Crippen LogP contribution in [0.4, 0.5) is 0 Å². The maximum atomic E-state index is 3.97. The van der Waals surface area contributed by atoms with Crippen LogP contribution in [0.3, 0.4) is 0 Å². The fourth-order valence-electron chi connectivity index (χ4n) is 1.96. The Hall–Kier alpha value is 0.314. The molecule has 3 nitrogen and oxygen atoms in total. The van der Waals surface area contributed by atoms with Crippen molar-refractivity contribution in [1.82, 2.24) is 14.6 Å². The van der Waals surface area contributed by atoms with Crippen LogP contribution in [-0.4, -0.2) is 29.9 Å². The van der Waals surface area contributed by atoms with Gasteiger partial charge in [0.15, 0.2) is 0 Å². The lowest BCUT2D eigenvalue weighted by molar-refractivity contribution is 0.630. The summed E-state index contributed by atoms with van der Waals surface area (Å²) < 4.78 is 3.97. The minimum absolute atomic E-state index is 0.263. The van der Waals surface area contributed by atoms with Gasteiger partial charge in [0.2, 0.25) is 0 Å². The predicted molar refractivity (Wildman–Crippen MR) is 79.3 cm³/mol. The van der Waals surface area contributed by atoms with E-state index >= 15 is 0 Å². The zero-order chi connectivity index (χ0) is 13.0. The van der Waals surface area contributed by atoms with Crippen molar-refractivity contribution in [2.24, 2.45) is 0 Å². The first kappa shape index (κ1) is 16.3. The molecule has 0 atom stereocenters. The first-order chi connectivity index (χ1) is 7.08. The third-order valence-corrected chi connectivity index (χ3v) is 11.1. The Morgan fingerprint density at radius 3 is 1.44 bits per heavy atom. The van der Waals surface area contributed by atoms with Gasteiger partial charge in [-0.05, 0) is 18.1 Å². The van der Waals surface area contributed by atoms with Crippen molar-refractivity contribution in [3.8, 4) is 0 Å². The molecular weight excluding hydrogens is 230 g/mol. The van der Waals surface area contributed by atoms with Crippen LogP contribution in [0.25, 0.3) is 0 Å². The molecule has 0 fully saturated rings. The number of hydrogen-bond donors (Lipinski definition) is 3. The molecule has 0 saturated heterocycles. The standard InChI is InChI=1S/C11H31N3Si2/c1-9-12-16(13-10-2,11(3,4)5)14-15(6,7)8/h12-14H,9-10H2,1-8H3. The van der Waals surface area contributed by atoms with E-state index in [0.29, 0.717) is 0 Å². The lowest BCUT2D eigenvalue weighted by Crippen LogP contribution is -2.80. The number of rotatable bonds is 6. The molecule has 0 aliphatic rings. The zero-order valence-electron chi connectivity index (χ0n) is 12.4. The van der Waals surface area contributed by atoms with Crippen LogP contribution >= 0.6 is 0 Å². The topological polar surface area (TPSA) is 36.1 Å². The van der Waals surface area contributed by atoms with Crippen molar-refractivity contribution >= 4 is 16.8 Å². The minimum atomic E-state index is -1.82. The lowest BCUT2D eigenvalue weighted by Gasteiger charge is -2.47. The van der Waals surface area contributed by atoms with E-state index in [-0.39, 0.29) is 5.04 Å². The van der Waals surface area contributed by atoms with Crippen LogP contribution in [0.2, 0.25) is 24.7 Å². The van der Waals surface area contributed by atoms with Gasteiger partial charge in [-0.1, -0.05) is 54.3 Å². The Balaban J connectivity index is 5.09. The highest BCUT2D eigenvalue weighted by molar-refractivity contribution is 6.90. The summed E-state index contributed by atoms with van der Waals surface area (Å²) in [5, 5.41) is 0.263. The second-order valence-corrected chi connectivity index (χ2v) is 15.6. The van der Waals surface area contributed by atoms with E-state index in [4.69, 9.17) is 0 Å². The molecule has 98 valence electrons. The van der Waals surface area contributed by atoms with E-state index in [0.717, 1.165) is 13.1 Å². The molecule has 0 radical (unpaired) electrons. The second-order valence-electron chi connectivity index (χ2n) is 6.44. The fraction of sp³-hybridized carbons (Fsp3) is 1.00. The molecule has 0 aromatic carbocycles. The Labute approximate surface area is 104 Å². The summed E-state index contributed by atoms with van der Waals surface area (Å²) in [6, 6.07) is 0. The molecule has 0 saturated carbocycles. The van der Waals surface area contributed by atoms with Crippen LogP contribution in [0.5, 0.6) is 0 Å². The van der Waals surface area contributed by atoms with E-state index in [1.807, 2.05) is 0 Å². The highest BCUT2D eigenvalue weighted by atomic mass is 28.4. The summed E-state index contributed by atoms with van der Waals surface area (Å²) in [5.41, 5.74) is 0. The highest BCUT2D eigenvalue weighted by Crippen LogP contribution is 2.31. The molecule has 0 aliphatic carbocycles. The summed E-state index contributed by atoms with van der Waals surface area (Å²) in [5.74, 6) is 0. The molecular formula is C11H31N3Si2. The molecule has 0 amide bonds. The van der Waals surface area contributed by atoms with Crippen molar-refractivity contribution < 1.29 is 0 Å². The average molecular weight is 262 g/mol. The molecule has 16 heavy (non-hydrogen) atoms. The second kappa shape index (κ2) is 5.77. The van der Waals surface area contributed by atoms with Gasteiger partial charge in [-0.25, -0.2) is 0 Å². The SMILES string of the molecule is CCN[Si](NCC)(N[Si](C)(C)C)C(C)(C)C. The molecule has 3 N–H and O–H groups in total. The zero-order valence-corrected chi connectivity index (χ0v) is 14.4. The van der Waals surface area contributed by atoms with Gasteiger partial charge < -0.3 is 14.6 Å². The molecule has 0 rings (SSSR count). The minimum Gasteiger partial charge on any atom is -0.335 e. The third kappa shape index (κ3) is 4.67. The Morgan fingerprint density at radius 2 is 1.25 bits per heavy atom. The van der Waals surface area contributed by atoms with Crippen LogP contribution in [0.1, 0.15) is 34.6 Å². The molecule has 0 spiro atoms. The number of hydrogen-bond acceptors (Lipinski definition) is 3. The Morgan fingerprint density at radius 1 is 0.875 bits per heavy atom. The number of nitrogens with one attached hydrogen (secondary N) is 3. The lowest BCUT2D eigenvalue weighted by atomic mass is 10.3. The molecule has 0 bridgehead atoms. The quantitative estimate of drug-likeness (QED) is 0.643. The van der Waals surface area contributed by atoms with E-state index in [1.165, 1.54) is 0 Å². The van der Waals surface area contributed by atoms with Gasteiger partial charge in [0.1, 0.15) is 8.24 Å². The van der Waals surface area contributed by atoms with Crippen molar-refractivity contribution in [2.75, 3.05) is 13.1 Å². The van der Waals surface area contributed by atoms with Crippen molar-refractivity contribution in [3.05, 3.63) is 0 Å². The molecule has 0 aromatic heterocycles. The van der Waals surface area contributed by atoms with Gasteiger partial charge in [0.05, 0.1) is 0 Å². The van der Waals surface area contributed by atoms with Crippen LogP contribution in [0, 0.1) is 0 Å². The summed E-state index contributed by atoms with van der Waals surface area (Å²) in [6.45, 7) is 20.5. The van der Waals surface area contributed by atoms with Gasteiger partial charge in [-0.3, -0.25) is 0 Å². The average Bonchev–Trinajstić information content (AvgIpc) is 1.99. The fourth-order valence-corrected chi connectivity index (χ4v) is 10.9. The van der Waals surface area contributed by atoms with Crippen LogP contribution in [-0.2, 0) is 0 Å². The van der Waals surface area contributed by atoms with E-state index in [1.54, 1.807) is 0 Å². The Kier molecular flexibility index (Phi) is 5.89. The summed E-state index contributed by atoms with van der Waals surface area (Å²) in [7, 11) is -3.11. The first-order valence-electron chi connectivity index (χ1n) is 6.37. The first-order valence-corrected chi connectivity index (χ1v) is 11.9. The molecule has 0 heterocycles. The van der Waals surface area contributed by atoms with Gasteiger partial charge in [-0.15, -0.1) is 0 Å². The van der Waals surface area contributed by atoms with E-state index < -0.39 is 16.8 Å². The van der Waals surface area contributed by atoms with Gasteiger partial charge >= 0.3 is 0 Å². The van der Waals surface area contributed by atoms with Gasteiger partial charge in [-0.2, -0.15) is 0 Å². The highest BCUT2D eigenvalue weighted by Gasteiger charge is 2.47. The van der Waals surface area contributed by atoms with Crippen molar-refractivity contribution in [2.45, 2.75) is 59.3 Å². The Bertz CT molecular complexity index is 200. The maximum Gasteiger partial charge on any atom is 0.280 e. The van der Waals surface area contributed by atoms with Crippen LogP contribution in [0.15, 0.2) is 0 Å². The third-order valence-electron chi connectivity index (χ3n) is 2.57. The molecule has 0 unspecified atom stereocenters. The molecule has 0 aliphatic heterocycles. The largest absolute Gasteiger partial charge is 0.335 e. The molecule has 5 heteroatoms. The van der Waals surface area contributed by atoms with Crippen LogP contribution < -0.4 is 14.6 Å². The van der Waals surface area contributed by atoms with Gasteiger partial charge in [0.25, 0.3) is 8.56 Å². The van der Waals surface area contributed by atoms with Crippen molar-refractivity contribution in [3.63, 3.8) is 0 Å². The van der Waals surface area contributed by atoms with E-state index in [2.05, 4.69) is 68.9 Å². The summed E-state index contributed by atoms with van der Waals surface area (Å²) >= 11 is 0.